The minimum absolute atomic E-state index is 0.00560. The van der Waals surface area contributed by atoms with Crippen molar-refractivity contribution in [3.8, 4) is 0 Å². The second kappa shape index (κ2) is 6.20. The lowest BCUT2D eigenvalue weighted by Gasteiger charge is -2.32. The van der Waals surface area contributed by atoms with Crippen molar-refractivity contribution in [2.75, 3.05) is 7.11 Å². The fourth-order valence-corrected chi connectivity index (χ4v) is 3.60. The van der Waals surface area contributed by atoms with E-state index in [-0.39, 0.29) is 17.2 Å². The zero-order valence-electron chi connectivity index (χ0n) is 12.6. The Balaban J connectivity index is 2.23. The maximum atomic E-state index is 12.5. The second-order valence-electron chi connectivity index (χ2n) is 5.44. The molecule has 5 nitrogen and oxygen atoms in total. The number of hydrogen-bond donors (Lipinski definition) is 1. The van der Waals surface area contributed by atoms with E-state index >= 15 is 0 Å². The van der Waals surface area contributed by atoms with Gasteiger partial charge in [-0.05, 0) is 18.1 Å². The Kier molecular flexibility index (Phi) is 4.26. The molecule has 1 aromatic rings. The van der Waals surface area contributed by atoms with Crippen LogP contribution in [0.4, 0.5) is 0 Å². The highest BCUT2D eigenvalue weighted by atomic mass is 79.9. The molecule has 0 amide bonds. The Bertz CT molecular complexity index is 751. The van der Waals surface area contributed by atoms with Crippen LogP contribution in [0.2, 0.25) is 0 Å². The maximum Gasteiger partial charge on any atom is 0.340 e. The van der Waals surface area contributed by atoms with Gasteiger partial charge in [0.2, 0.25) is 5.88 Å². The number of ether oxygens (including phenoxy) is 2. The number of Topliss-reactive ketones (excluding diaryl/α,β-unsaturated/α-hetero) is 1. The minimum atomic E-state index is -0.590. The Morgan fingerprint density at radius 1 is 1.35 bits per heavy atom. The fourth-order valence-electron chi connectivity index (χ4n) is 3.09. The van der Waals surface area contributed by atoms with E-state index in [0.717, 1.165) is 16.5 Å². The van der Waals surface area contributed by atoms with Crippen LogP contribution in [0.3, 0.4) is 0 Å². The molecule has 0 saturated carbocycles. The van der Waals surface area contributed by atoms with E-state index in [0.29, 0.717) is 24.2 Å². The van der Waals surface area contributed by atoms with Crippen LogP contribution in [0, 0.1) is 0 Å². The minimum Gasteiger partial charge on any atom is -0.465 e. The first-order valence-corrected chi connectivity index (χ1v) is 8.10. The molecule has 1 aromatic carbocycles. The normalized spacial score (nSPS) is 21.0. The number of esters is 1. The number of ketones is 1. The van der Waals surface area contributed by atoms with Crippen LogP contribution in [0.15, 0.2) is 51.5 Å². The monoisotopic (exact) mass is 377 g/mol. The lowest BCUT2D eigenvalue weighted by molar-refractivity contribution is -0.136. The molecule has 120 valence electrons. The van der Waals surface area contributed by atoms with E-state index < -0.39 is 11.9 Å². The van der Waals surface area contributed by atoms with Gasteiger partial charge in [0.15, 0.2) is 5.78 Å². The van der Waals surface area contributed by atoms with Crippen molar-refractivity contribution in [3.05, 3.63) is 57.1 Å². The highest BCUT2D eigenvalue weighted by Gasteiger charge is 2.41. The van der Waals surface area contributed by atoms with Gasteiger partial charge in [-0.15, -0.1) is 0 Å². The third-order valence-corrected chi connectivity index (χ3v) is 4.83. The summed E-state index contributed by atoms with van der Waals surface area (Å²) in [5.74, 6) is -0.609. The van der Waals surface area contributed by atoms with E-state index in [2.05, 4.69) is 15.9 Å². The van der Waals surface area contributed by atoms with Crippen molar-refractivity contribution in [2.24, 2.45) is 5.73 Å². The molecule has 1 aliphatic carbocycles. The number of hydrogen-bond acceptors (Lipinski definition) is 5. The standard InChI is InChI=1S/C17H16BrNO4/c1-22-17(21)15-13(9-5-2-3-6-10(9)18)14-11(20)7-4-8-12(14)23-16(15)19/h2-3,5-6,13H,4,7-8,19H2,1H3/t13-/m1/s1. The Morgan fingerprint density at radius 3 is 2.78 bits per heavy atom. The van der Waals surface area contributed by atoms with Crippen LogP contribution in [0.5, 0.6) is 0 Å². The zero-order chi connectivity index (χ0) is 16.6. The molecule has 0 saturated heterocycles. The summed E-state index contributed by atoms with van der Waals surface area (Å²) in [5.41, 5.74) is 7.46. The molecule has 1 heterocycles. The van der Waals surface area contributed by atoms with Crippen molar-refractivity contribution in [1.29, 1.82) is 0 Å². The number of carbonyl (C=O) groups is 2. The van der Waals surface area contributed by atoms with Gasteiger partial charge in [0, 0.05) is 22.9 Å². The predicted octanol–water partition coefficient (Wildman–Crippen LogP) is 2.91. The van der Waals surface area contributed by atoms with Gasteiger partial charge in [-0.3, -0.25) is 4.79 Å². The Labute approximate surface area is 142 Å². The van der Waals surface area contributed by atoms with Crippen LogP contribution >= 0.6 is 15.9 Å². The second-order valence-corrected chi connectivity index (χ2v) is 6.29. The summed E-state index contributed by atoms with van der Waals surface area (Å²) in [5, 5.41) is 0. The lowest BCUT2D eigenvalue weighted by atomic mass is 9.77. The SMILES string of the molecule is COC(=O)C1=C(N)OC2=C(C(=O)CCC2)[C@H]1c1ccccc1Br. The molecule has 1 aliphatic heterocycles. The molecule has 2 N–H and O–H groups in total. The molecule has 23 heavy (non-hydrogen) atoms. The van der Waals surface area contributed by atoms with Crippen LogP contribution < -0.4 is 5.73 Å². The van der Waals surface area contributed by atoms with E-state index in [1.165, 1.54) is 7.11 Å². The molecule has 0 radical (unpaired) electrons. The molecular formula is C17H16BrNO4. The molecule has 0 bridgehead atoms. The summed E-state index contributed by atoms with van der Waals surface area (Å²) in [6, 6.07) is 7.45. The Hall–Kier alpha value is -2.08. The molecule has 6 heteroatoms. The van der Waals surface area contributed by atoms with Gasteiger partial charge in [-0.25, -0.2) is 4.79 Å². The van der Waals surface area contributed by atoms with E-state index in [4.69, 9.17) is 15.2 Å². The number of allylic oxidation sites excluding steroid dienone is 2. The molecule has 0 unspecified atom stereocenters. The molecule has 0 spiro atoms. The average Bonchev–Trinajstić information content (AvgIpc) is 2.54. The first-order valence-electron chi connectivity index (χ1n) is 7.31. The van der Waals surface area contributed by atoms with Gasteiger partial charge >= 0.3 is 5.97 Å². The van der Waals surface area contributed by atoms with Gasteiger partial charge in [-0.1, -0.05) is 34.1 Å². The van der Waals surface area contributed by atoms with Crippen LogP contribution in [0.1, 0.15) is 30.7 Å². The van der Waals surface area contributed by atoms with Crippen LogP contribution in [0.25, 0.3) is 0 Å². The zero-order valence-corrected chi connectivity index (χ0v) is 14.2. The summed E-state index contributed by atoms with van der Waals surface area (Å²) in [6.07, 6.45) is 1.80. The highest BCUT2D eigenvalue weighted by Crippen LogP contribution is 2.45. The number of rotatable bonds is 2. The largest absolute Gasteiger partial charge is 0.465 e. The van der Waals surface area contributed by atoms with Crippen LogP contribution in [-0.2, 0) is 19.1 Å². The predicted molar refractivity (Wildman–Crippen MR) is 87.1 cm³/mol. The van der Waals surface area contributed by atoms with Gasteiger partial charge in [0.05, 0.1) is 13.0 Å². The third-order valence-electron chi connectivity index (χ3n) is 4.11. The summed E-state index contributed by atoms with van der Waals surface area (Å²) < 4.78 is 11.2. The van der Waals surface area contributed by atoms with Gasteiger partial charge in [0.25, 0.3) is 0 Å². The third kappa shape index (κ3) is 2.67. The topological polar surface area (TPSA) is 78.6 Å². The van der Waals surface area contributed by atoms with Crippen molar-refractivity contribution >= 4 is 27.7 Å². The molecule has 0 aromatic heterocycles. The highest BCUT2D eigenvalue weighted by molar-refractivity contribution is 9.10. The van der Waals surface area contributed by atoms with E-state index in [1.54, 1.807) is 0 Å². The summed E-state index contributed by atoms with van der Waals surface area (Å²) in [6.45, 7) is 0. The first-order chi connectivity index (χ1) is 11.0. The molecule has 0 fully saturated rings. The van der Waals surface area contributed by atoms with Gasteiger partial charge in [0.1, 0.15) is 11.3 Å². The van der Waals surface area contributed by atoms with Gasteiger partial charge in [-0.2, -0.15) is 0 Å². The molecule has 3 rings (SSSR count). The Morgan fingerprint density at radius 2 is 2.09 bits per heavy atom. The van der Waals surface area contributed by atoms with Gasteiger partial charge < -0.3 is 15.2 Å². The number of halogens is 1. The fraction of sp³-hybridized carbons (Fsp3) is 0.294. The van der Waals surface area contributed by atoms with E-state index in [9.17, 15) is 9.59 Å². The average molecular weight is 378 g/mol. The summed E-state index contributed by atoms with van der Waals surface area (Å²) >= 11 is 3.50. The summed E-state index contributed by atoms with van der Waals surface area (Å²) in [4.78, 5) is 24.8. The van der Waals surface area contributed by atoms with Crippen molar-refractivity contribution in [2.45, 2.75) is 25.2 Å². The molecule has 2 aliphatic rings. The quantitative estimate of drug-likeness (QED) is 0.801. The smallest absolute Gasteiger partial charge is 0.340 e. The number of methoxy groups -OCH3 is 1. The number of carbonyl (C=O) groups excluding carboxylic acids is 2. The molecule has 1 atom stereocenters. The van der Waals surface area contributed by atoms with Crippen LogP contribution in [-0.4, -0.2) is 18.9 Å². The number of nitrogens with two attached hydrogens (primary N) is 1. The maximum absolute atomic E-state index is 12.5. The summed E-state index contributed by atoms with van der Waals surface area (Å²) in [7, 11) is 1.28. The first kappa shape index (κ1) is 15.8. The van der Waals surface area contributed by atoms with Crippen molar-refractivity contribution in [3.63, 3.8) is 0 Å². The van der Waals surface area contributed by atoms with Crippen molar-refractivity contribution in [1.82, 2.24) is 0 Å². The van der Waals surface area contributed by atoms with Crippen molar-refractivity contribution < 1.29 is 19.1 Å². The lowest BCUT2D eigenvalue weighted by Crippen LogP contribution is -2.31. The number of benzene rings is 1. The van der Waals surface area contributed by atoms with E-state index in [1.807, 2.05) is 24.3 Å². The molecular weight excluding hydrogens is 362 g/mol.